The quantitative estimate of drug-likeness (QED) is 0.496. The van der Waals surface area contributed by atoms with Crippen LogP contribution >= 0.6 is 0 Å². The lowest BCUT2D eigenvalue weighted by molar-refractivity contribution is -0.384. The van der Waals surface area contributed by atoms with Gasteiger partial charge >= 0.3 is 5.97 Å². The third-order valence-electron chi connectivity index (χ3n) is 3.00. The van der Waals surface area contributed by atoms with E-state index in [0.717, 1.165) is 6.07 Å². The predicted octanol–water partition coefficient (Wildman–Crippen LogP) is 3.04. The normalized spacial score (nSPS) is 12.1. The molecular formula is C14H19FN2O4. The Kier molecular flexibility index (Phi) is 5.63. The number of halogens is 1. The van der Waals surface area contributed by atoms with E-state index in [1.807, 2.05) is 13.8 Å². The van der Waals surface area contributed by atoms with Gasteiger partial charge in [0.15, 0.2) is 0 Å². The first-order valence-electron chi connectivity index (χ1n) is 6.55. The van der Waals surface area contributed by atoms with Crippen LogP contribution in [-0.4, -0.2) is 24.0 Å². The number of nitrogens with one attached hydrogen (secondary N) is 1. The predicted molar refractivity (Wildman–Crippen MR) is 76.7 cm³/mol. The van der Waals surface area contributed by atoms with Gasteiger partial charge in [0.2, 0.25) is 0 Å². The molecule has 0 aliphatic heterocycles. The lowest BCUT2D eigenvalue weighted by Gasteiger charge is -2.19. The molecule has 0 heterocycles. The number of ether oxygens (including phenoxy) is 1. The van der Waals surface area contributed by atoms with E-state index in [1.165, 1.54) is 20.1 Å². The molecule has 6 nitrogen and oxygen atoms in total. The standard InChI is InChI=1S/C14H19FN2O4/c1-8(2)5-12(14(18)21-4)16-11-6-9(3)10(15)7-13(11)17(19)20/h6-8,12,16H,5H2,1-4H3. The minimum Gasteiger partial charge on any atom is -0.467 e. The van der Waals surface area contributed by atoms with Gasteiger partial charge in [0.05, 0.1) is 18.1 Å². The summed E-state index contributed by atoms with van der Waals surface area (Å²) in [6.07, 6.45) is 0.445. The van der Waals surface area contributed by atoms with Crippen LogP contribution in [0.5, 0.6) is 0 Å². The van der Waals surface area contributed by atoms with E-state index < -0.39 is 28.4 Å². The molecule has 0 bridgehead atoms. The van der Waals surface area contributed by atoms with Gasteiger partial charge in [-0.1, -0.05) is 13.8 Å². The second-order valence-electron chi connectivity index (χ2n) is 5.23. The van der Waals surface area contributed by atoms with Gasteiger partial charge in [-0.15, -0.1) is 0 Å². The molecule has 1 N–H and O–H groups in total. The molecule has 0 saturated heterocycles. The Balaban J connectivity index is 3.15. The van der Waals surface area contributed by atoms with Crippen molar-refractivity contribution >= 4 is 17.3 Å². The number of nitrogens with zero attached hydrogens (tertiary/aromatic N) is 1. The second kappa shape index (κ2) is 7.01. The highest BCUT2D eigenvalue weighted by Gasteiger charge is 2.25. The third-order valence-corrected chi connectivity index (χ3v) is 3.00. The summed E-state index contributed by atoms with van der Waals surface area (Å²) in [5.41, 5.74) is -0.0398. The fourth-order valence-electron chi connectivity index (χ4n) is 1.95. The maximum absolute atomic E-state index is 13.5. The molecule has 0 amide bonds. The summed E-state index contributed by atoms with van der Waals surface area (Å²) in [6.45, 7) is 5.34. The Bertz CT molecular complexity index is 546. The zero-order valence-electron chi connectivity index (χ0n) is 12.5. The Labute approximate surface area is 122 Å². The van der Waals surface area contributed by atoms with Crippen molar-refractivity contribution in [3.05, 3.63) is 33.6 Å². The molecule has 1 atom stereocenters. The van der Waals surface area contributed by atoms with Crippen LogP contribution in [0.1, 0.15) is 25.8 Å². The molecular weight excluding hydrogens is 279 g/mol. The fraction of sp³-hybridized carbons (Fsp3) is 0.500. The number of carbonyl (C=O) groups excluding carboxylic acids is 1. The summed E-state index contributed by atoms with van der Waals surface area (Å²) >= 11 is 0. The average molecular weight is 298 g/mol. The highest BCUT2D eigenvalue weighted by atomic mass is 19.1. The van der Waals surface area contributed by atoms with Crippen LogP contribution in [-0.2, 0) is 9.53 Å². The van der Waals surface area contributed by atoms with Crippen molar-refractivity contribution < 1.29 is 18.8 Å². The Morgan fingerprint density at radius 3 is 2.57 bits per heavy atom. The monoisotopic (exact) mass is 298 g/mol. The van der Waals surface area contributed by atoms with Crippen LogP contribution in [0.15, 0.2) is 12.1 Å². The Morgan fingerprint density at radius 1 is 1.48 bits per heavy atom. The molecule has 0 aromatic heterocycles. The van der Waals surface area contributed by atoms with Crippen LogP contribution in [0.4, 0.5) is 15.8 Å². The van der Waals surface area contributed by atoms with Crippen LogP contribution in [0, 0.1) is 28.8 Å². The van der Waals surface area contributed by atoms with Crippen LogP contribution in [0.2, 0.25) is 0 Å². The summed E-state index contributed by atoms with van der Waals surface area (Å²) in [5, 5.41) is 13.8. The number of methoxy groups -OCH3 is 1. The molecule has 1 rings (SSSR count). The van der Waals surface area contributed by atoms with Crippen molar-refractivity contribution in [2.24, 2.45) is 5.92 Å². The van der Waals surface area contributed by atoms with Crippen molar-refractivity contribution in [1.29, 1.82) is 0 Å². The zero-order chi connectivity index (χ0) is 16.2. The number of rotatable bonds is 6. The number of hydrogen-bond acceptors (Lipinski definition) is 5. The van der Waals surface area contributed by atoms with E-state index in [0.29, 0.717) is 6.42 Å². The SMILES string of the molecule is COC(=O)C(CC(C)C)Nc1cc(C)c(F)cc1[N+](=O)[O-]. The van der Waals surface area contributed by atoms with Crippen LogP contribution in [0.25, 0.3) is 0 Å². The first-order chi connectivity index (χ1) is 9.76. The molecule has 0 spiro atoms. The third kappa shape index (κ3) is 4.40. The second-order valence-corrected chi connectivity index (χ2v) is 5.23. The van der Waals surface area contributed by atoms with Gasteiger partial charge in [0.1, 0.15) is 17.5 Å². The maximum atomic E-state index is 13.5. The topological polar surface area (TPSA) is 81.5 Å². The minimum absolute atomic E-state index is 0.106. The molecule has 0 fully saturated rings. The summed E-state index contributed by atoms with van der Waals surface area (Å²) < 4.78 is 18.2. The van der Waals surface area contributed by atoms with Crippen LogP contribution < -0.4 is 5.32 Å². The lowest BCUT2D eigenvalue weighted by Crippen LogP contribution is -2.32. The number of nitro groups is 1. The van der Waals surface area contributed by atoms with Gasteiger partial charge in [-0.3, -0.25) is 10.1 Å². The van der Waals surface area contributed by atoms with E-state index in [9.17, 15) is 19.3 Å². The highest BCUT2D eigenvalue weighted by Crippen LogP contribution is 2.29. The number of hydrogen-bond donors (Lipinski definition) is 1. The van der Waals surface area contributed by atoms with Crippen molar-refractivity contribution in [3.8, 4) is 0 Å². The first-order valence-corrected chi connectivity index (χ1v) is 6.55. The number of nitro benzene ring substituents is 1. The Hall–Kier alpha value is -2.18. The summed E-state index contributed by atoms with van der Waals surface area (Å²) in [5.74, 6) is -0.993. The molecule has 0 saturated carbocycles. The maximum Gasteiger partial charge on any atom is 0.328 e. The molecule has 0 aliphatic rings. The molecule has 0 radical (unpaired) electrons. The van der Waals surface area contributed by atoms with Gasteiger partial charge in [-0.05, 0) is 30.9 Å². The van der Waals surface area contributed by atoms with E-state index in [1.54, 1.807) is 0 Å². The first kappa shape index (κ1) is 16.9. The molecule has 21 heavy (non-hydrogen) atoms. The average Bonchev–Trinajstić information content (AvgIpc) is 2.40. The molecule has 1 aromatic carbocycles. The molecule has 7 heteroatoms. The molecule has 0 aliphatic carbocycles. The van der Waals surface area contributed by atoms with E-state index in [-0.39, 0.29) is 17.2 Å². The van der Waals surface area contributed by atoms with Gasteiger partial charge < -0.3 is 10.1 Å². The van der Waals surface area contributed by atoms with Gasteiger partial charge in [-0.2, -0.15) is 0 Å². The van der Waals surface area contributed by atoms with Crippen LogP contribution in [0.3, 0.4) is 0 Å². The smallest absolute Gasteiger partial charge is 0.328 e. The Morgan fingerprint density at radius 2 is 2.10 bits per heavy atom. The van der Waals surface area contributed by atoms with E-state index in [4.69, 9.17) is 4.74 Å². The summed E-state index contributed by atoms with van der Waals surface area (Å²) in [4.78, 5) is 22.1. The number of aryl methyl sites for hydroxylation is 1. The van der Waals surface area contributed by atoms with Crippen molar-refractivity contribution in [3.63, 3.8) is 0 Å². The number of esters is 1. The highest BCUT2D eigenvalue weighted by molar-refractivity contribution is 5.80. The van der Waals surface area contributed by atoms with Gasteiger partial charge in [-0.25, -0.2) is 9.18 Å². The number of carbonyl (C=O) groups is 1. The lowest BCUT2D eigenvalue weighted by atomic mass is 10.0. The molecule has 116 valence electrons. The zero-order valence-corrected chi connectivity index (χ0v) is 12.5. The minimum atomic E-state index is -0.724. The molecule has 1 unspecified atom stereocenters. The van der Waals surface area contributed by atoms with Crippen molar-refractivity contribution in [2.75, 3.05) is 12.4 Å². The van der Waals surface area contributed by atoms with E-state index >= 15 is 0 Å². The fourth-order valence-corrected chi connectivity index (χ4v) is 1.95. The largest absolute Gasteiger partial charge is 0.467 e. The van der Waals surface area contributed by atoms with Crippen molar-refractivity contribution in [2.45, 2.75) is 33.2 Å². The van der Waals surface area contributed by atoms with Gasteiger partial charge in [0.25, 0.3) is 5.69 Å². The van der Waals surface area contributed by atoms with Crippen molar-refractivity contribution in [1.82, 2.24) is 0 Å². The number of anilines is 1. The van der Waals surface area contributed by atoms with E-state index in [2.05, 4.69) is 5.32 Å². The molecule has 1 aromatic rings. The van der Waals surface area contributed by atoms with Gasteiger partial charge in [0, 0.05) is 0 Å². The summed E-state index contributed by atoms with van der Waals surface area (Å²) in [7, 11) is 1.25. The summed E-state index contributed by atoms with van der Waals surface area (Å²) in [6, 6.07) is 1.45. The number of benzene rings is 1.